The van der Waals surface area contributed by atoms with Gasteiger partial charge in [0.1, 0.15) is 0 Å². The molecular weight excluding hydrogens is 260 g/mol. The number of carbonyl (C=O) groups is 2. The van der Waals surface area contributed by atoms with E-state index >= 15 is 0 Å². The van der Waals surface area contributed by atoms with Gasteiger partial charge in [-0.15, -0.1) is 0 Å². The first-order chi connectivity index (χ1) is 9.56. The lowest BCUT2D eigenvalue weighted by Crippen LogP contribution is -2.27. The predicted molar refractivity (Wildman–Crippen MR) is 88.1 cm³/mol. The Balaban J connectivity index is 3.02. The first-order valence-electron chi connectivity index (χ1n) is 7.70. The van der Waals surface area contributed by atoms with Crippen molar-refractivity contribution in [3.05, 3.63) is 34.4 Å². The SMILES string of the molecule is CC1=CC(=O)C(C(C)(C)C/C=C(\C)CC(C)C)=C(C)C1=O. The van der Waals surface area contributed by atoms with Crippen molar-refractivity contribution in [3.8, 4) is 0 Å². The summed E-state index contributed by atoms with van der Waals surface area (Å²) in [6.07, 6.45) is 5.55. The molecule has 0 saturated carbocycles. The molecule has 2 nitrogen and oxygen atoms in total. The highest BCUT2D eigenvalue weighted by Gasteiger charge is 2.33. The maximum absolute atomic E-state index is 12.3. The highest BCUT2D eigenvalue weighted by atomic mass is 16.1. The van der Waals surface area contributed by atoms with Gasteiger partial charge in [0.05, 0.1) is 0 Å². The van der Waals surface area contributed by atoms with Crippen molar-refractivity contribution < 1.29 is 9.59 Å². The van der Waals surface area contributed by atoms with Crippen LogP contribution in [0.2, 0.25) is 0 Å². The Hall–Kier alpha value is -1.44. The van der Waals surface area contributed by atoms with Crippen LogP contribution in [0.1, 0.15) is 61.3 Å². The summed E-state index contributed by atoms with van der Waals surface area (Å²) in [7, 11) is 0. The third kappa shape index (κ3) is 4.26. The molecule has 116 valence electrons. The summed E-state index contributed by atoms with van der Waals surface area (Å²) in [5, 5.41) is 0. The summed E-state index contributed by atoms with van der Waals surface area (Å²) in [5.74, 6) is 0.624. The zero-order chi connectivity index (χ0) is 16.4. The van der Waals surface area contributed by atoms with E-state index in [1.54, 1.807) is 13.8 Å². The van der Waals surface area contributed by atoms with Crippen molar-refractivity contribution in [2.45, 2.75) is 61.3 Å². The van der Waals surface area contributed by atoms with Gasteiger partial charge in [-0.3, -0.25) is 9.59 Å². The zero-order valence-electron chi connectivity index (χ0n) is 14.5. The van der Waals surface area contributed by atoms with Crippen LogP contribution in [0, 0.1) is 11.3 Å². The molecule has 0 amide bonds. The van der Waals surface area contributed by atoms with Crippen molar-refractivity contribution in [3.63, 3.8) is 0 Å². The van der Waals surface area contributed by atoms with Crippen LogP contribution in [-0.2, 0) is 9.59 Å². The van der Waals surface area contributed by atoms with E-state index in [1.807, 2.05) is 13.8 Å². The van der Waals surface area contributed by atoms with Gasteiger partial charge in [0.2, 0.25) is 0 Å². The van der Waals surface area contributed by atoms with Crippen molar-refractivity contribution in [2.75, 3.05) is 0 Å². The van der Waals surface area contributed by atoms with Gasteiger partial charge in [-0.25, -0.2) is 0 Å². The van der Waals surface area contributed by atoms with Gasteiger partial charge in [0.25, 0.3) is 0 Å². The molecule has 0 aromatic carbocycles. The molecular formula is C19H28O2. The van der Waals surface area contributed by atoms with Crippen LogP contribution in [-0.4, -0.2) is 11.6 Å². The van der Waals surface area contributed by atoms with Gasteiger partial charge in [0, 0.05) is 16.7 Å². The van der Waals surface area contributed by atoms with Crippen molar-refractivity contribution in [1.29, 1.82) is 0 Å². The summed E-state index contributed by atoms with van der Waals surface area (Å²) in [5.41, 5.74) is 2.86. The Morgan fingerprint density at radius 1 is 1.24 bits per heavy atom. The molecule has 0 radical (unpaired) electrons. The zero-order valence-corrected chi connectivity index (χ0v) is 14.5. The Kier molecular flexibility index (Phi) is 5.49. The number of hydrogen-bond donors (Lipinski definition) is 0. The molecule has 0 fully saturated rings. The molecule has 1 rings (SSSR count). The standard InChI is InChI=1S/C19H28O2/c1-12(2)10-13(3)8-9-19(6,7)17-15(5)18(21)14(4)11-16(17)20/h8,11-12H,9-10H2,1-7H3/b13-8+. The Morgan fingerprint density at radius 3 is 2.33 bits per heavy atom. The first kappa shape index (κ1) is 17.6. The van der Waals surface area contributed by atoms with Gasteiger partial charge >= 0.3 is 0 Å². The average Bonchev–Trinajstić information content (AvgIpc) is 2.32. The minimum Gasteiger partial charge on any atom is -0.290 e. The quantitative estimate of drug-likeness (QED) is 0.537. The van der Waals surface area contributed by atoms with E-state index in [4.69, 9.17) is 0 Å². The number of hydrogen-bond acceptors (Lipinski definition) is 2. The molecule has 0 saturated heterocycles. The van der Waals surface area contributed by atoms with Crippen LogP contribution in [0.3, 0.4) is 0 Å². The fraction of sp³-hybridized carbons (Fsp3) is 0.579. The Morgan fingerprint density at radius 2 is 1.81 bits per heavy atom. The van der Waals surface area contributed by atoms with Crippen molar-refractivity contribution >= 4 is 11.6 Å². The molecule has 0 unspecified atom stereocenters. The Bertz CT molecular complexity index is 540. The van der Waals surface area contributed by atoms with Gasteiger partial charge in [-0.2, -0.15) is 0 Å². The topological polar surface area (TPSA) is 34.1 Å². The molecule has 0 bridgehead atoms. The first-order valence-corrected chi connectivity index (χ1v) is 7.70. The lowest BCUT2D eigenvalue weighted by molar-refractivity contribution is -0.116. The van der Waals surface area contributed by atoms with E-state index in [0.29, 0.717) is 22.6 Å². The smallest absolute Gasteiger partial charge is 0.184 e. The molecule has 0 atom stereocenters. The third-order valence-corrected chi connectivity index (χ3v) is 4.04. The second-order valence-electron chi connectivity index (χ2n) is 7.26. The number of carbonyl (C=O) groups excluding carboxylic acids is 2. The highest BCUT2D eigenvalue weighted by Crippen LogP contribution is 2.37. The van der Waals surface area contributed by atoms with Gasteiger partial charge in [-0.05, 0) is 51.0 Å². The van der Waals surface area contributed by atoms with Gasteiger partial charge in [-0.1, -0.05) is 39.3 Å². The lowest BCUT2D eigenvalue weighted by Gasteiger charge is -2.29. The number of ketones is 2. The molecule has 21 heavy (non-hydrogen) atoms. The van der Waals surface area contributed by atoms with Crippen LogP contribution < -0.4 is 0 Å². The molecule has 0 aliphatic heterocycles. The van der Waals surface area contributed by atoms with E-state index in [-0.39, 0.29) is 17.0 Å². The lowest BCUT2D eigenvalue weighted by atomic mass is 9.73. The molecule has 2 heteroatoms. The van der Waals surface area contributed by atoms with Crippen LogP contribution in [0.4, 0.5) is 0 Å². The molecule has 0 aromatic heterocycles. The summed E-state index contributed by atoms with van der Waals surface area (Å²) in [6, 6.07) is 0. The van der Waals surface area contributed by atoms with Crippen LogP contribution in [0.25, 0.3) is 0 Å². The summed E-state index contributed by atoms with van der Waals surface area (Å²) in [4.78, 5) is 24.4. The predicted octanol–water partition coefficient (Wildman–Crippen LogP) is 4.81. The van der Waals surface area contributed by atoms with Crippen LogP contribution in [0.5, 0.6) is 0 Å². The molecule has 0 spiro atoms. The third-order valence-electron chi connectivity index (χ3n) is 4.04. The van der Waals surface area contributed by atoms with Crippen molar-refractivity contribution in [1.82, 2.24) is 0 Å². The maximum atomic E-state index is 12.3. The molecule has 0 aromatic rings. The van der Waals surface area contributed by atoms with Crippen molar-refractivity contribution in [2.24, 2.45) is 11.3 Å². The largest absolute Gasteiger partial charge is 0.290 e. The van der Waals surface area contributed by atoms with E-state index in [0.717, 1.165) is 12.8 Å². The fourth-order valence-corrected chi connectivity index (χ4v) is 3.03. The summed E-state index contributed by atoms with van der Waals surface area (Å²) >= 11 is 0. The Labute approximate surface area is 129 Å². The van der Waals surface area contributed by atoms with E-state index in [2.05, 4.69) is 26.8 Å². The molecule has 1 aliphatic rings. The van der Waals surface area contributed by atoms with Crippen LogP contribution in [0.15, 0.2) is 34.4 Å². The van der Waals surface area contributed by atoms with Crippen LogP contribution >= 0.6 is 0 Å². The monoisotopic (exact) mass is 288 g/mol. The molecule has 0 N–H and O–H groups in total. The molecule has 1 aliphatic carbocycles. The van der Waals surface area contributed by atoms with E-state index in [1.165, 1.54) is 11.6 Å². The fourth-order valence-electron chi connectivity index (χ4n) is 3.03. The number of Topliss-reactive ketones (excluding diaryl/α,β-unsaturated/α-hetero) is 1. The highest BCUT2D eigenvalue weighted by molar-refractivity contribution is 6.22. The molecule has 0 heterocycles. The summed E-state index contributed by atoms with van der Waals surface area (Å²) in [6.45, 7) is 14.1. The minimum absolute atomic E-state index is 0.000516. The van der Waals surface area contributed by atoms with E-state index < -0.39 is 0 Å². The average molecular weight is 288 g/mol. The maximum Gasteiger partial charge on any atom is 0.184 e. The normalized spacial score (nSPS) is 17.7. The second kappa shape index (κ2) is 6.55. The number of allylic oxidation sites excluding steroid dienone is 6. The summed E-state index contributed by atoms with van der Waals surface area (Å²) < 4.78 is 0. The van der Waals surface area contributed by atoms with Gasteiger partial charge < -0.3 is 0 Å². The second-order valence-corrected chi connectivity index (χ2v) is 7.26. The number of rotatable bonds is 5. The van der Waals surface area contributed by atoms with Gasteiger partial charge in [0.15, 0.2) is 11.6 Å². The minimum atomic E-state index is -0.313. The van der Waals surface area contributed by atoms with E-state index in [9.17, 15) is 9.59 Å².